The molecule has 11 heteroatoms. The number of hydrogen-bond acceptors (Lipinski definition) is 4. The summed E-state index contributed by atoms with van der Waals surface area (Å²) in [4.78, 5) is 30.3. The van der Waals surface area contributed by atoms with E-state index in [0.29, 0.717) is 24.1 Å². The third-order valence-electron chi connectivity index (χ3n) is 4.16. The van der Waals surface area contributed by atoms with Gasteiger partial charge in [0, 0.05) is 26.6 Å². The van der Waals surface area contributed by atoms with Gasteiger partial charge in [0.2, 0.25) is 5.95 Å². The molecule has 0 radical (unpaired) electrons. The molecule has 2 aromatic rings. The number of anilines is 1. The van der Waals surface area contributed by atoms with Gasteiger partial charge in [-0.15, -0.1) is 0 Å². The molecule has 0 aliphatic carbocycles. The van der Waals surface area contributed by atoms with Gasteiger partial charge in [-0.3, -0.25) is 14.6 Å². The molecule has 1 atom stereocenters. The lowest BCUT2D eigenvalue weighted by atomic mass is 9.91. The van der Waals surface area contributed by atoms with Gasteiger partial charge in [0.05, 0.1) is 0 Å². The van der Waals surface area contributed by atoms with Crippen LogP contribution in [0.15, 0.2) is 40.0 Å². The first kappa shape index (κ1) is 21.9. The van der Waals surface area contributed by atoms with Gasteiger partial charge in [-0.1, -0.05) is 38.5 Å². The zero-order valence-corrected chi connectivity index (χ0v) is 16.2. The number of aromatic amines is 1. The van der Waals surface area contributed by atoms with Gasteiger partial charge in [0.25, 0.3) is 5.56 Å². The lowest BCUT2D eigenvalue weighted by Gasteiger charge is -2.40. The minimum Gasteiger partial charge on any atom is -0.348 e. The van der Waals surface area contributed by atoms with Crippen LogP contribution in [0.2, 0.25) is 0 Å². The Morgan fingerprint density at radius 1 is 1.14 bits per heavy atom. The first-order valence-corrected chi connectivity index (χ1v) is 10.2. The highest BCUT2D eigenvalue weighted by Crippen LogP contribution is 3.02. The van der Waals surface area contributed by atoms with E-state index in [4.69, 9.17) is 0 Å². The molecule has 0 aliphatic heterocycles. The van der Waals surface area contributed by atoms with E-state index in [1.54, 1.807) is 21.0 Å². The molecule has 0 fully saturated rings. The average molecular weight is 425 g/mol. The van der Waals surface area contributed by atoms with Crippen LogP contribution in [0.1, 0.15) is 41.7 Å². The van der Waals surface area contributed by atoms with Crippen LogP contribution in [0.4, 0.5) is 25.4 Å². The summed E-state index contributed by atoms with van der Waals surface area (Å²) in [6.07, 6.45) is 0.251. The Labute approximate surface area is 158 Å². The summed E-state index contributed by atoms with van der Waals surface area (Å²) in [6.45, 7) is 1.72. The third kappa shape index (κ3) is 5.31. The van der Waals surface area contributed by atoms with Crippen molar-refractivity contribution in [3.63, 3.8) is 0 Å². The fraction of sp³-hybridized carbons (Fsp3) is 0.353. The fourth-order valence-electron chi connectivity index (χ4n) is 2.62. The fourth-order valence-corrected chi connectivity index (χ4v) is 3.27. The molecule has 0 saturated carbocycles. The second-order valence-corrected chi connectivity index (χ2v) is 9.03. The van der Waals surface area contributed by atoms with Gasteiger partial charge < -0.3 is 4.90 Å². The second-order valence-electron chi connectivity index (χ2n) is 6.62. The van der Waals surface area contributed by atoms with Crippen molar-refractivity contribution < 1.29 is 24.2 Å². The SMILES string of the molecule is CC[C@@H](CC(=O)c1cc(=O)[nH]c(N(C)C)n1)c1ccc(S(F)(F)(F)(F)F)cc1. The average Bonchev–Trinajstić information content (AvgIpc) is 2.57. The van der Waals surface area contributed by atoms with Crippen molar-refractivity contribution in [3.8, 4) is 0 Å². The zero-order valence-electron chi connectivity index (χ0n) is 15.4. The lowest BCUT2D eigenvalue weighted by molar-refractivity contribution is 0.0967. The molecule has 156 valence electrons. The molecule has 0 saturated heterocycles. The zero-order chi connectivity index (χ0) is 21.4. The smallest absolute Gasteiger partial charge is 0.310 e. The maximum atomic E-state index is 12.8. The summed E-state index contributed by atoms with van der Waals surface area (Å²) < 4.78 is 64.2. The highest BCUT2D eigenvalue weighted by molar-refractivity contribution is 8.45. The number of benzene rings is 1. The van der Waals surface area contributed by atoms with Crippen molar-refractivity contribution in [3.05, 3.63) is 51.9 Å². The summed E-state index contributed by atoms with van der Waals surface area (Å²) in [7, 11) is -6.49. The minimum absolute atomic E-state index is 0.0745. The van der Waals surface area contributed by atoms with E-state index < -0.39 is 32.4 Å². The Hall–Kier alpha value is -2.43. The molecular weight excluding hydrogens is 405 g/mol. The van der Waals surface area contributed by atoms with Gasteiger partial charge >= 0.3 is 10.2 Å². The maximum absolute atomic E-state index is 12.8. The molecule has 0 amide bonds. The van der Waals surface area contributed by atoms with E-state index in [2.05, 4.69) is 9.97 Å². The van der Waals surface area contributed by atoms with Crippen LogP contribution in [0.3, 0.4) is 0 Å². The maximum Gasteiger partial charge on any atom is 0.310 e. The number of carbonyl (C=O) groups excluding carboxylic acids is 1. The first-order valence-electron chi connectivity index (χ1n) is 8.26. The molecule has 1 N–H and O–H groups in total. The topological polar surface area (TPSA) is 66.1 Å². The van der Waals surface area contributed by atoms with Crippen molar-refractivity contribution in [1.82, 2.24) is 9.97 Å². The van der Waals surface area contributed by atoms with Crippen molar-refractivity contribution in [2.24, 2.45) is 0 Å². The van der Waals surface area contributed by atoms with Crippen LogP contribution < -0.4 is 10.5 Å². The van der Waals surface area contributed by atoms with Crippen LogP contribution in [-0.4, -0.2) is 29.8 Å². The molecule has 1 heterocycles. The van der Waals surface area contributed by atoms with E-state index in [9.17, 15) is 29.0 Å². The number of nitrogens with zero attached hydrogens (tertiary/aromatic N) is 2. The molecular formula is C17H20F5N3O2S. The van der Waals surface area contributed by atoms with E-state index in [1.807, 2.05) is 0 Å². The number of Topliss-reactive ketones (excluding diaryl/α,β-unsaturated/α-hetero) is 1. The standard InChI is InChI=1S/C17H20F5N3O2S/c1-4-11(12-5-7-13(8-6-12)28(18,19,20,21)22)9-15(26)14-10-16(27)24-17(23-14)25(2)3/h5-8,10-11H,4,9H2,1-3H3,(H,23,24,27)/t11-/m0/s1. The van der Waals surface area contributed by atoms with Crippen molar-refractivity contribution in [2.45, 2.75) is 30.6 Å². The number of rotatable bonds is 7. The highest BCUT2D eigenvalue weighted by atomic mass is 32.5. The number of aromatic nitrogens is 2. The van der Waals surface area contributed by atoms with Crippen LogP contribution in [0.5, 0.6) is 0 Å². The summed E-state index contributed by atoms with van der Waals surface area (Å²) in [5, 5.41) is 0. The summed E-state index contributed by atoms with van der Waals surface area (Å²) in [6, 6.07) is 3.61. The van der Waals surface area contributed by atoms with Crippen molar-refractivity contribution in [2.75, 3.05) is 19.0 Å². The molecule has 28 heavy (non-hydrogen) atoms. The van der Waals surface area contributed by atoms with E-state index in [-0.39, 0.29) is 18.1 Å². The molecule has 2 rings (SSSR count). The Morgan fingerprint density at radius 3 is 2.18 bits per heavy atom. The lowest BCUT2D eigenvalue weighted by Crippen LogP contribution is -2.21. The number of H-pyrrole nitrogens is 1. The number of carbonyl (C=O) groups is 1. The van der Waals surface area contributed by atoms with Gasteiger partial charge in [-0.25, -0.2) is 4.98 Å². The highest BCUT2D eigenvalue weighted by Gasteiger charge is 2.65. The monoisotopic (exact) mass is 425 g/mol. The van der Waals surface area contributed by atoms with Crippen LogP contribution in [0, 0.1) is 0 Å². The predicted molar refractivity (Wildman–Crippen MR) is 99.0 cm³/mol. The van der Waals surface area contributed by atoms with E-state index in [1.165, 1.54) is 4.90 Å². The van der Waals surface area contributed by atoms with Crippen LogP contribution >= 0.6 is 10.2 Å². The van der Waals surface area contributed by atoms with E-state index in [0.717, 1.165) is 18.2 Å². The molecule has 1 aromatic heterocycles. The second kappa shape index (κ2) is 6.57. The van der Waals surface area contributed by atoms with Gasteiger partial charge in [-0.2, -0.15) is 0 Å². The molecule has 0 spiro atoms. The summed E-state index contributed by atoms with van der Waals surface area (Å²) in [5.74, 6) is -0.800. The quantitative estimate of drug-likeness (QED) is 0.485. The van der Waals surface area contributed by atoms with Gasteiger partial charge in [0.1, 0.15) is 10.6 Å². The summed E-state index contributed by atoms with van der Waals surface area (Å²) in [5.41, 5.74) is -0.274. The van der Waals surface area contributed by atoms with Crippen molar-refractivity contribution >= 4 is 22.0 Å². The predicted octanol–water partition coefficient (Wildman–Crippen LogP) is 5.26. The number of ketones is 1. The Balaban J connectivity index is 2.28. The normalized spacial score (nSPS) is 15.4. The van der Waals surface area contributed by atoms with E-state index >= 15 is 0 Å². The molecule has 0 unspecified atom stereocenters. The Morgan fingerprint density at radius 2 is 1.71 bits per heavy atom. The molecule has 0 aliphatic rings. The van der Waals surface area contributed by atoms with Crippen molar-refractivity contribution in [1.29, 1.82) is 0 Å². The summed E-state index contributed by atoms with van der Waals surface area (Å²) >= 11 is 0. The minimum atomic E-state index is -9.74. The van der Waals surface area contributed by atoms with Crippen LogP contribution in [-0.2, 0) is 0 Å². The third-order valence-corrected chi connectivity index (χ3v) is 5.32. The Kier molecular flexibility index (Phi) is 5.13. The molecule has 5 nitrogen and oxygen atoms in total. The number of nitrogens with one attached hydrogen (secondary N) is 1. The van der Waals surface area contributed by atoms with Crippen LogP contribution in [0.25, 0.3) is 0 Å². The van der Waals surface area contributed by atoms with Gasteiger partial charge in [-0.05, 0) is 30.0 Å². The molecule has 0 bridgehead atoms. The largest absolute Gasteiger partial charge is 0.348 e. The number of hydrogen-bond donors (Lipinski definition) is 1. The first-order chi connectivity index (χ1) is 12.6. The Bertz CT molecular complexity index is 941. The molecule has 1 aromatic carbocycles. The number of halogens is 5. The van der Waals surface area contributed by atoms with Gasteiger partial charge in [0.15, 0.2) is 5.78 Å².